The number of nitro benzene ring substituents is 1. The Kier molecular flexibility index (Phi) is 4.03. The lowest BCUT2D eigenvalue weighted by Crippen LogP contribution is -2.37. The number of rotatable bonds is 5. The van der Waals surface area contributed by atoms with Gasteiger partial charge in [-0.15, -0.1) is 0 Å². The summed E-state index contributed by atoms with van der Waals surface area (Å²) in [5.74, 6) is -2.30. The molecule has 4 nitrogen and oxygen atoms in total. The SMILES string of the molecule is O=[N+]([O-])c1cc(F)c(OCC2(CBr)CCC2)cc1F. The number of nitro groups is 1. The van der Waals surface area contributed by atoms with Crippen LogP contribution in [0.2, 0.25) is 0 Å². The van der Waals surface area contributed by atoms with Crippen LogP contribution in [0.3, 0.4) is 0 Å². The van der Waals surface area contributed by atoms with Crippen molar-refractivity contribution in [3.05, 3.63) is 33.9 Å². The molecule has 0 heterocycles. The second-order valence-corrected chi connectivity index (χ2v) is 5.33. The van der Waals surface area contributed by atoms with E-state index in [4.69, 9.17) is 4.74 Å². The van der Waals surface area contributed by atoms with E-state index in [-0.39, 0.29) is 17.8 Å². The summed E-state index contributed by atoms with van der Waals surface area (Å²) in [6, 6.07) is 1.28. The number of halogens is 3. The van der Waals surface area contributed by atoms with Crippen molar-refractivity contribution in [2.24, 2.45) is 5.41 Å². The molecular weight excluding hydrogens is 324 g/mol. The molecule has 104 valence electrons. The van der Waals surface area contributed by atoms with E-state index >= 15 is 0 Å². The molecule has 0 spiro atoms. The largest absolute Gasteiger partial charge is 0.490 e. The van der Waals surface area contributed by atoms with Gasteiger partial charge in [-0.2, -0.15) is 4.39 Å². The number of nitrogens with zero attached hydrogens (tertiary/aromatic N) is 1. The van der Waals surface area contributed by atoms with Gasteiger partial charge in [0.2, 0.25) is 5.82 Å². The molecule has 0 aromatic heterocycles. The summed E-state index contributed by atoms with van der Waals surface area (Å²) in [5.41, 5.74) is -0.922. The molecule has 1 fully saturated rings. The van der Waals surface area contributed by atoms with Gasteiger partial charge < -0.3 is 4.74 Å². The summed E-state index contributed by atoms with van der Waals surface area (Å²) in [7, 11) is 0. The minimum absolute atomic E-state index is 0.0370. The van der Waals surface area contributed by atoms with Crippen LogP contribution in [0.1, 0.15) is 19.3 Å². The van der Waals surface area contributed by atoms with E-state index in [1.807, 2.05) is 0 Å². The second kappa shape index (κ2) is 5.40. The van der Waals surface area contributed by atoms with Gasteiger partial charge in [0.15, 0.2) is 11.6 Å². The zero-order valence-electron chi connectivity index (χ0n) is 10.00. The van der Waals surface area contributed by atoms with Gasteiger partial charge in [0.25, 0.3) is 0 Å². The molecule has 0 unspecified atom stereocenters. The highest BCUT2D eigenvalue weighted by Crippen LogP contribution is 2.43. The molecule has 1 aliphatic rings. The summed E-state index contributed by atoms with van der Waals surface area (Å²) in [6.45, 7) is 0.270. The molecule has 0 aliphatic heterocycles. The van der Waals surface area contributed by atoms with E-state index in [0.717, 1.165) is 30.7 Å². The highest BCUT2D eigenvalue weighted by molar-refractivity contribution is 9.09. The van der Waals surface area contributed by atoms with Gasteiger partial charge in [0.05, 0.1) is 17.6 Å². The molecule has 7 heteroatoms. The van der Waals surface area contributed by atoms with Gasteiger partial charge in [-0.05, 0) is 12.8 Å². The smallest absolute Gasteiger partial charge is 0.307 e. The van der Waals surface area contributed by atoms with Crippen molar-refractivity contribution in [2.75, 3.05) is 11.9 Å². The predicted octanol–water partition coefficient (Wildman–Crippen LogP) is 3.82. The minimum atomic E-state index is -1.09. The quantitative estimate of drug-likeness (QED) is 0.467. The van der Waals surface area contributed by atoms with Crippen LogP contribution in [-0.2, 0) is 0 Å². The van der Waals surface area contributed by atoms with Crippen molar-refractivity contribution in [1.82, 2.24) is 0 Å². The first-order valence-corrected chi connectivity index (χ1v) is 6.92. The fourth-order valence-corrected chi connectivity index (χ4v) is 2.72. The Morgan fingerprint density at radius 2 is 2.05 bits per heavy atom. The molecule has 0 atom stereocenters. The summed E-state index contributed by atoms with van der Waals surface area (Å²) in [5, 5.41) is 11.2. The van der Waals surface area contributed by atoms with Crippen LogP contribution in [0.15, 0.2) is 12.1 Å². The number of hydrogen-bond donors (Lipinski definition) is 0. The zero-order valence-corrected chi connectivity index (χ0v) is 11.6. The average Bonchev–Trinajstić information content (AvgIpc) is 2.31. The number of hydrogen-bond acceptors (Lipinski definition) is 3. The maximum Gasteiger partial charge on any atom is 0.307 e. The number of alkyl halides is 1. The van der Waals surface area contributed by atoms with E-state index < -0.39 is 22.2 Å². The molecule has 0 bridgehead atoms. The normalized spacial score (nSPS) is 16.8. The second-order valence-electron chi connectivity index (χ2n) is 4.77. The van der Waals surface area contributed by atoms with Crippen molar-refractivity contribution in [3.63, 3.8) is 0 Å². The Labute approximate surface area is 117 Å². The first-order valence-electron chi connectivity index (χ1n) is 5.80. The zero-order chi connectivity index (χ0) is 14.0. The molecule has 1 aromatic rings. The first-order chi connectivity index (χ1) is 8.97. The van der Waals surface area contributed by atoms with E-state index in [1.165, 1.54) is 0 Å². The Morgan fingerprint density at radius 1 is 1.37 bits per heavy atom. The van der Waals surface area contributed by atoms with Crippen LogP contribution in [0.25, 0.3) is 0 Å². The lowest BCUT2D eigenvalue weighted by atomic mass is 9.71. The summed E-state index contributed by atoms with van der Waals surface area (Å²) in [4.78, 5) is 9.49. The van der Waals surface area contributed by atoms with Crippen LogP contribution in [-0.4, -0.2) is 16.9 Å². The lowest BCUT2D eigenvalue weighted by Gasteiger charge is -2.39. The van der Waals surface area contributed by atoms with E-state index in [2.05, 4.69) is 15.9 Å². The van der Waals surface area contributed by atoms with Crippen LogP contribution in [0, 0.1) is 27.2 Å². The standard InChI is InChI=1S/C12H12BrF2NO3/c13-6-12(2-1-3-12)7-19-11-5-8(14)10(16(17)18)4-9(11)15/h4-5H,1-3,6-7H2. The highest BCUT2D eigenvalue weighted by atomic mass is 79.9. The van der Waals surface area contributed by atoms with Gasteiger partial charge >= 0.3 is 5.69 Å². The maximum atomic E-state index is 13.6. The fourth-order valence-electron chi connectivity index (χ4n) is 1.99. The molecule has 0 saturated heterocycles. The lowest BCUT2D eigenvalue weighted by molar-refractivity contribution is -0.387. The van der Waals surface area contributed by atoms with Gasteiger partial charge in [-0.3, -0.25) is 10.1 Å². The van der Waals surface area contributed by atoms with Gasteiger partial charge in [0.1, 0.15) is 0 Å². The van der Waals surface area contributed by atoms with Crippen molar-refractivity contribution in [3.8, 4) is 5.75 Å². The monoisotopic (exact) mass is 335 g/mol. The third-order valence-corrected chi connectivity index (χ3v) is 4.62. The maximum absolute atomic E-state index is 13.6. The molecular formula is C12H12BrF2NO3. The van der Waals surface area contributed by atoms with Crippen LogP contribution >= 0.6 is 15.9 Å². The molecule has 1 saturated carbocycles. The summed E-state index contributed by atoms with van der Waals surface area (Å²) in [6.07, 6.45) is 3.02. The Morgan fingerprint density at radius 3 is 2.53 bits per heavy atom. The fraction of sp³-hybridized carbons (Fsp3) is 0.500. The van der Waals surface area contributed by atoms with Crippen LogP contribution in [0.4, 0.5) is 14.5 Å². The Hall–Kier alpha value is -1.24. The Balaban J connectivity index is 2.13. The molecule has 1 aromatic carbocycles. The summed E-state index contributed by atoms with van der Waals surface area (Å²) >= 11 is 3.38. The van der Waals surface area contributed by atoms with Crippen LogP contribution in [0.5, 0.6) is 5.75 Å². The van der Waals surface area contributed by atoms with E-state index in [9.17, 15) is 18.9 Å². The molecule has 2 rings (SSSR count). The van der Waals surface area contributed by atoms with Gasteiger partial charge in [-0.1, -0.05) is 22.4 Å². The predicted molar refractivity (Wildman–Crippen MR) is 68.6 cm³/mol. The summed E-state index contributed by atoms with van der Waals surface area (Å²) < 4.78 is 32.2. The van der Waals surface area contributed by atoms with E-state index in [0.29, 0.717) is 6.07 Å². The third kappa shape index (κ3) is 2.86. The molecule has 0 radical (unpaired) electrons. The molecule has 19 heavy (non-hydrogen) atoms. The Bertz CT molecular complexity index is 500. The molecule has 0 N–H and O–H groups in total. The van der Waals surface area contributed by atoms with Gasteiger partial charge in [-0.25, -0.2) is 4.39 Å². The highest BCUT2D eigenvalue weighted by Gasteiger charge is 2.37. The van der Waals surface area contributed by atoms with Crippen molar-refractivity contribution in [1.29, 1.82) is 0 Å². The molecule has 1 aliphatic carbocycles. The third-order valence-electron chi connectivity index (χ3n) is 3.43. The van der Waals surface area contributed by atoms with E-state index in [1.54, 1.807) is 0 Å². The number of ether oxygens (including phenoxy) is 1. The van der Waals surface area contributed by atoms with Crippen molar-refractivity contribution in [2.45, 2.75) is 19.3 Å². The average molecular weight is 336 g/mol. The van der Waals surface area contributed by atoms with Crippen molar-refractivity contribution < 1.29 is 18.4 Å². The first kappa shape index (κ1) is 14.2. The van der Waals surface area contributed by atoms with Crippen LogP contribution < -0.4 is 4.74 Å². The molecule has 0 amide bonds. The topological polar surface area (TPSA) is 52.4 Å². The minimum Gasteiger partial charge on any atom is -0.490 e. The number of benzene rings is 1. The van der Waals surface area contributed by atoms with Gasteiger partial charge in [0, 0.05) is 16.8 Å². The van der Waals surface area contributed by atoms with Crippen molar-refractivity contribution >= 4 is 21.6 Å².